The van der Waals surface area contributed by atoms with Gasteiger partial charge in [0.1, 0.15) is 24.2 Å². The first-order chi connectivity index (χ1) is 12.2. The Morgan fingerprint density at radius 2 is 1.65 bits per heavy atom. The molecule has 26 heavy (non-hydrogen) atoms. The molecule has 2 aromatic rings. The van der Waals surface area contributed by atoms with Crippen LogP contribution < -0.4 is 26.8 Å². The molecule has 3 rings (SSSR count). The van der Waals surface area contributed by atoms with Gasteiger partial charge in [-0.1, -0.05) is 24.3 Å². The third-order valence-electron chi connectivity index (χ3n) is 4.45. The molecule has 1 atom stereocenters. The fourth-order valence-electron chi connectivity index (χ4n) is 3.06. The predicted octanol–water partition coefficient (Wildman–Crippen LogP) is -0.739. The molecular weight excluding hydrogens is 352 g/mol. The van der Waals surface area contributed by atoms with E-state index in [0.29, 0.717) is 12.3 Å². The zero-order chi connectivity index (χ0) is 17.5. The summed E-state index contributed by atoms with van der Waals surface area (Å²) in [6.07, 6.45) is -0.505. The lowest BCUT2D eigenvalue weighted by molar-refractivity contribution is -0.00000763. The number of nitrogens with zero attached hydrogens (tertiary/aromatic N) is 2. The number of halogens is 1. The lowest BCUT2D eigenvalue weighted by atomic mass is 10.2. The molecule has 5 nitrogen and oxygen atoms in total. The van der Waals surface area contributed by atoms with Crippen LogP contribution in [0.25, 0.3) is 0 Å². The molecule has 1 aliphatic rings. The number of anilines is 1. The maximum atomic E-state index is 10.3. The number of hydrogen-bond acceptors (Lipinski definition) is 5. The highest BCUT2D eigenvalue weighted by molar-refractivity contribution is 5.46. The Labute approximate surface area is 161 Å². The summed E-state index contributed by atoms with van der Waals surface area (Å²) in [5.41, 5.74) is 1.27. The van der Waals surface area contributed by atoms with Crippen LogP contribution in [0.5, 0.6) is 11.5 Å². The monoisotopic (exact) mass is 377 g/mol. The highest BCUT2D eigenvalue weighted by Gasteiger charge is 2.19. The smallest absolute Gasteiger partial charge is 0.123 e. The molecule has 1 heterocycles. The van der Waals surface area contributed by atoms with Gasteiger partial charge in [-0.05, 0) is 24.3 Å². The van der Waals surface area contributed by atoms with E-state index in [0.717, 1.165) is 31.9 Å². The molecule has 1 N–H and O–H groups in total. The summed E-state index contributed by atoms with van der Waals surface area (Å²) in [7, 11) is 1.63. The lowest BCUT2D eigenvalue weighted by Crippen LogP contribution is -3.00. The standard InChI is InChI=1S/C20H26N2O3.ClH/c1-24-19-8-5-9-20(14-19)25-16-18(23)15-21-10-12-22(13-11-21)17-6-3-2-4-7-17;/h2-9,14,18,23H,10-13,15-16H2,1H3;1H/p-1. The van der Waals surface area contributed by atoms with Crippen molar-refractivity contribution in [2.45, 2.75) is 6.10 Å². The minimum absolute atomic E-state index is 0. The van der Waals surface area contributed by atoms with E-state index in [1.165, 1.54) is 5.69 Å². The van der Waals surface area contributed by atoms with Crippen molar-refractivity contribution in [2.24, 2.45) is 0 Å². The molecule has 1 unspecified atom stereocenters. The summed E-state index contributed by atoms with van der Waals surface area (Å²) in [6, 6.07) is 17.9. The van der Waals surface area contributed by atoms with E-state index >= 15 is 0 Å². The van der Waals surface area contributed by atoms with Crippen LogP contribution in [-0.4, -0.2) is 62.6 Å². The van der Waals surface area contributed by atoms with Crippen LogP contribution in [0.4, 0.5) is 5.69 Å². The van der Waals surface area contributed by atoms with Gasteiger partial charge in [0.05, 0.1) is 7.11 Å². The van der Waals surface area contributed by atoms with E-state index in [-0.39, 0.29) is 19.0 Å². The van der Waals surface area contributed by atoms with Crippen LogP contribution in [0.2, 0.25) is 0 Å². The lowest BCUT2D eigenvalue weighted by Gasteiger charge is -2.36. The molecule has 6 heteroatoms. The Bertz CT molecular complexity index is 649. The van der Waals surface area contributed by atoms with Crippen LogP contribution in [-0.2, 0) is 0 Å². The zero-order valence-electron chi connectivity index (χ0n) is 15.1. The second kappa shape index (κ2) is 10.3. The van der Waals surface area contributed by atoms with Gasteiger partial charge in [0.2, 0.25) is 0 Å². The van der Waals surface area contributed by atoms with Crippen molar-refractivity contribution >= 4 is 5.69 Å². The minimum atomic E-state index is -0.505. The van der Waals surface area contributed by atoms with Crippen LogP contribution in [0, 0.1) is 0 Å². The number of aliphatic hydroxyl groups excluding tert-OH is 1. The van der Waals surface area contributed by atoms with Crippen molar-refractivity contribution in [1.82, 2.24) is 4.90 Å². The van der Waals surface area contributed by atoms with Gasteiger partial charge < -0.3 is 31.9 Å². The van der Waals surface area contributed by atoms with Gasteiger partial charge in [0.25, 0.3) is 0 Å². The number of aliphatic hydroxyl groups is 1. The van der Waals surface area contributed by atoms with Crippen LogP contribution in [0.1, 0.15) is 0 Å². The molecule has 142 valence electrons. The molecule has 1 saturated heterocycles. The van der Waals surface area contributed by atoms with E-state index in [9.17, 15) is 5.11 Å². The van der Waals surface area contributed by atoms with E-state index in [4.69, 9.17) is 9.47 Å². The van der Waals surface area contributed by atoms with Gasteiger partial charge in [-0.25, -0.2) is 0 Å². The number of β-amino-alcohol motifs (C(OH)–C–C–N with tert-alkyl or cyclic N) is 1. The summed E-state index contributed by atoms with van der Waals surface area (Å²) < 4.78 is 10.8. The molecule has 0 spiro atoms. The van der Waals surface area contributed by atoms with Gasteiger partial charge >= 0.3 is 0 Å². The Hall–Kier alpha value is -1.95. The summed E-state index contributed by atoms with van der Waals surface area (Å²) in [4.78, 5) is 4.68. The SMILES string of the molecule is COc1cccc(OCC(O)CN2CCN(c3ccccc3)CC2)c1.[Cl-]. The van der Waals surface area contributed by atoms with Crippen molar-refractivity contribution in [3.05, 3.63) is 54.6 Å². The first kappa shape index (κ1) is 20.4. The highest BCUT2D eigenvalue weighted by Crippen LogP contribution is 2.19. The number of benzene rings is 2. The molecule has 1 fully saturated rings. The molecule has 0 aromatic heterocycles. The Kier molecular flexibility index (Phi) is 8.04. The normalized spacial score (nSPS) is 15.8. The summed E-state index contributed by atoms with van der Waals surface area (Å²) in [6.45, 7) is 4.77. The highest BCUT2D eigenvalue weighted by atomic mass is 35.5. The van der Waals surface area contributed by atoms with Gasteiger partial charge in [0.15, 0.2) is 0 Å². The van der Waals surface area contributed by atoms with Crippen molar-refractivity contribution in [3.8, 4) is 11.5 Å². The fourth-order valence-corrected chi connectivity index (χ4v) is 3.06. The molecule has 0 amide bonds. The summed E-state index contributed by atoms with van der Waals surface area (Å²) in [5, 5.41) is 10.3. The van der Waals surface area contributed by atoms with Crippen molar-refractivity contribution < 1.29 is 27.0 Å². The molecule has 0 radical (unpaired) electrons. The third kappa shape index (κ3) is 5.80. The maximum Gasteiger partial charge on any atom is 0.123 e. The maximum absolute atomic E-state index is 10.3. The van der Waals surface area contributed by atoms with Crippen molar-refractivity contribution in [1.29, 1.82) is 0 Å². The number of ether oxygens (including phenoxy) is 2. The number of rotatable bonds is 7. The summed E-state index contributed by atoms with van der Waals surface area (Å²) >= 11 is 0. The first-order valence-corrected chi connectivity index (χ1v) is 8.72. The molecule has 0 aliphatic carbocycles. The Morgan fingerprint density at radius 1 is 0.962 bits per heavy atom. The van der Waals surface area contributed by atoms with E-state index in [2.05, 4.69) is 34.1 Å². The van der Waals surface area contributed by atoms with Gasteiger partial charge in [-0.3, -0.25) is 4.90 Å². The minimum Gasteiger partial charge on any atom is -1.00 e. The molecule has 1 aliphatic heterocycles. The van der Waals surface area contributed by atoms with Gasteiger partial charge in [-0.2, -0.15) is 0 Å². The Morgan fingerprint density at radius 3 is 2.35 bits per heavy atom. The van der Waals surface area contributed by atoms with Crippen LogP contribution in [0.15, 0.2) is 54.6 Å². The predicted molar refractivity (Wildman–Crippen MR) is 99.6 cm³/mol. The first-order valence-electron chi connectivity index (χ1n) is 8.72. The number of hydrogen-bond donors (Lipinski definition) is 1. The molecule has 0 bridgehead atoms. The van der Waals surface area contributed by atoms with Crippen molar-refractivity contribution in [2.75, 3.05) is 51.3 Å². The average molecular weight is 378 g/mol. The van der Waals surface area contributed by atoms with Gasteiger partial charge in [-0.15, -0.1) is 0 Å². The van der Waals surface area contributed by atoms with E-state index < -0.39 is 6.10 Å². The van der Waals surface area contributed by atoms with Crippen LogP contribution in [0.3, 0.4) is 0 Å². The number of para-hydroxylation sites is 1. The second-order valence-corrected chi connectivity index (χ2v) is 6.27. The van der Waals surface area contributed by atoms with Gasteiger partial charge in [0, 0.05) is 44.5 Å². The molecular formula is C20H26ClN2O3-. The molecule has 0 saturated carbocycles. The average Bonchev–Trinajstić information content (AvgIpc) is 2.68. The zero-order valence-corrected chi connectivity index (χ0v) is 15.8. The number of piperazine rings is 1. The summed E-state index contributed by atoms with van der Waals surface area (Å²) in [5.74, 6) is 1.47. The third-order valence-corrected chi connectivity index (χ3v) is 4.45. The topological polar surface area (TPSA) is 45.2 Å². The van der Waals surface area contributed by atoms with Crippen molar-refractivity contribution in [3.63, 3.8) is 0 Å². The Balaban J connectivity index is 0.00000243. The van der Waals surface area contributed by atoms with Crippen LogP contribution >= 0.6 is 0 Å². The van der Waals surface area contributed by atoms with E-state index in [1.54, 1.807) is 7.11 Å². The number of methoxy groups -OCH3 is 1. The molecule has 2 aromatic carbocycles. The quantitative estimate of drug-likeness (QED) is 0.688. The second-order valence-electron chi connectivity index (χ2n) is 6.27. The largest absolute Gasteiger partial charge is 1.00 e. The van der Waals surface area contributed by atoms with E-state index in [1.807, 2.05) is 30.3 Å². The fraction of sp³-hybridized carbons (Fsp3) is 0.400.